The van der Waals surface area contributed by atoms with E-state index in [-0.39, 0.29) is 21.2 Å². The minimum absolute atomic E-state index is 0.0579. The Hall–Kier alpha value is -2.91. The number of anilines is 2. The lowest BCUT2D eigenvalue weighted by Gasteiger charge is -2.14. The zero-order valence-corrected chi connectivity index (χ0v) is 18.2. The van der Waals surface area contributed by atoms with Gasteiger partial charge in [0.05, 0.1) is 9.79 Å². The van der Waals surface area contributed by atoms with Gasteiger partial charge in [0.1, 0.15) is 5.82 Å². The molecule has 30 heavy (non-hydrogen) atoms. The Morgan fingerprint density at radius 3 is 1.60 bits per heavy atom. The molecule has 0 radical (unpaired) electrons. The fourth-order valence-corrected chi connectivity index (χ4v) is 5.80. The molecule has 3 aromatic carbocycles. The molecular weight excluding hydrogens is 427 g/mol. The molecule has 0 saturated heterocycles. The van der Waals surface area contributed by atoms with Gasteiger partial charge in [0, 0.05) is 11.4 Å². The molecule has 0 aliphatic rings. The van der Waals surface area contributed by atoms with E-state index in [1.54, 1.807) is 26.0 Å². The van der Waals surface area contributed by atoms with Crippen molar-refractivity contribution in [1.82, 2.24) is 0 Å². The minimum atomic E-state index is -3.91. The van der Waals surface area contributed by atoms with Gasteiger partial charge >= 0.3 is 0 Å². The summed E-state index contributed by atoms with van der Waals surface area (Å²) in [7, 11) is -7.75. The number of halogens is 1. The molecule has 6 nitrogen and oxygen atoms in total. The zero-order valence-electron chi connectivity index (χ0n) is 16.6. The Morgan fingerprint density at radius 2 is 1.10 bits per heavy atom. The lowest BCUT2D eigenvalue weighted by Crippen LogP contribution is -2.16. The van der Waals surface area contributed by atoms with Gasteiger partial charge in [-0.15, -0.1) is 0 Å². The van der Waals surface area contributed by atoms with Crippen LogP contribution in [0.3, 0.4) is 0 Å². The second-order valence-corrected chi connectivity index (χ2v) is 10.3. The standard InChI is InChI=1S/C21H21FN2O4S2/c1-14-12-15(2)21(16(3)13-14)30(27,28)24-19-8-10-20(11-9-19)29(25,26)23-18-6-4-17(22)5-7-18/h4-13,23-24H,1-3H3. The predicted molar refractivity (Wildman–Crippen MR) is 115 cm³/mol. The van der Waals surface area contributed by atoms with E-state index in [0.29, 0.717) is 11.1 Å². The SMILES string of the molecule is Cc1cc(C)c(S(=O)(=O)Nc2ccc(S(=O)(=O)Nc3ccc(F)cc3)cc2)c(C)c1. The maximum atomic E-state index is 13.0. The van der Waals surface area contributed by atoms with E-state index < -0.39 is 25.9 Å². The van der Waals surface area contributed by atoms with Crippen LogP contribution in [0.5, 0.6) is 0 Å². The molecule has 3 rings (SSSR count). The third-order valence-electron chi connectivity index (χ3n) is 4.39. The third kappa shape index (κ3) is 4.80. The van der Waals surface area contributed by atoms with Gasteiger partial charge in [0.15, 0.2) is 0 Å². The summed E-state index contributed by atoms with van der Waals surface area (Å²) < 4.78 is 68.4. The van der Waals surface area contributed by atoms with Gasteiger partial charge < -0.3 is 0 Å². The van der Waals surface area contributed by atoms with E-state index in [2.05, 4.69) is 9.44 Å². The highest BCUT2D eigenvalue weighted by atomic mass is 32.2. The van der Waals surface area contributed by atoms with Crippen LogP contribution in [0.4, 0.5) is 15.8 Å². The van der Waals surface area contributed by atoms with Crippen molar-refractivity contribution in [3.8, 4) is 0 Å². The van der Waals surface area contributed by atoms with Crippen LogP contribution in [0.2, 0.25) is 0 Å². The van der Waals surface area contributed by atoms with Gasteiger partial charge in [-0.2, -0.15) is 0 Å². The number of hydrogen-bond acceptors (Lipinski definition) is 4. The molecule has 0 aliphatic heterocycles. The maximum Gasteiger partial charge on any atom is 0.262 e. The molecule has 0 aliphatic carbocycles. The number of aryl methyl sites for hydroxylation is 3. The molecule has 2 N–H and O–H groups in total. The average molecular weight is 449 g/mol. The molecule has 0 atom stereocenters. The largest absolute Gasteiger partial charge is 0.280 e. The molecule has 3 aromatic rings. The van der Waals surface area contributed by atoms with Gasteiger partial charge in [-0.05, 0) is 80.4 Å². The Bertz CT molecular complexity index is 1260. The van der Waals surface area contributed by atoms with Crippen LogP contribution in [0.25, 0.3) is 0 Å². The number of sulfonamides is 2. The molecule has 0 aromatic heterocycles. The summed E-state index contributed by atoms with van der Waals surface area (Å²) in [6.45, 7) is 5.35. The molecular formula is C21H21FN2O4S2. The summed E-state index contributed by atoms with van der Waals surface area (Å²) in [6.07, 6.45) is 0. The zero-order chi connectivity index (χ0) is 22.1. The van der Waals surface area contributed by atoms with E-state index in [9.17, 15) is 21.2 Å². The normalized spacial score (nSPS) is 11.9. The monoisotopic (exact) mass is 448 g/mol. The molecule has 0 unspecified atom stereocenters. The highest BCUT2D eigenvalue weighted by Gasteiger charge is 2.21. The highest BCUT2D eigenvalue weighted by molar-refractivity contribution is 7.93. The maximum absolute atomic E-state index is 13.0. The fraction of sp³-hybridized carbons (Fsp3) is 0.143. The van der Waals surface area contributed by atoms with Crippen LogP contribution in [0.15, 0.2) is 70.5 Å². The third-order valence-corrected chi connectivity index (χ3v) is 7.47. The van der Waals surface area contributed by atoms with Crippen molar-refractivity contribution in [2.45, 2.75) is 30.6 Å². The smallest absolute Gasteiger partial charge is 0.262 e. The van der Waals surface area contributed by atoms with Gasteiger partial charge in [0.25, 0.3) is 20.0 Å². The predicted octanol–water partition coefficient (Wildman–Crippen LogP) is 4.35. The van der Waals surface area contributed by atoms with Crippen molar-refractivity contribution >= 4 is 31.4 Å². The van der Waals surface area contributed by atoms with Crippen molar-refractivity contribution in [3.05, 3.63) is 83.2 Å². The Morgan fingerprint density at radius 1 is 0.667 bits per heavy atom. The summed E-state index contributed by atoms with van der Waals surface area (Å²) in [4.78, 5) is 0.139. The van der Waals surface area contributed by atoms with Crippen LogP contribution < -0.4 is 9.44 Å². The van der Waals surface area contributed by atoms with Crippen molar-refractivity contribution in [3.63, 3.8) is 0 Å². The molecule has 0 fully saturated rings. The molecule has 0 amide bonds. The summed E-state index contributed by atoms with van der Waals surface area (Å²) in [5.74, 6) is -0.478. The molecule has 0 heterocycles. The minimum Gasteiger partial charge on any atom is -0.280 e. The van der Waals surface area contributed by atoms with Crippen LogP contribution in [-0.2, 0) is 20.0 Å². The van der Waals surface area contributed by atoms with Crippen LogP contribution in [-0.4, -0.2) is 16.8 Å². The quantitative estimate of drug-likeness (QED) is 0.586. The Kier molecular flexibility index (Phi) is 5.87. The van der Waals surface area contributed by atoms with E-state index in [1.807, 2.05) is 6.92 Å². The molecule has 0 spiro atoms. The van der Waals surface area contributed by atoms with Gasteiger partial charge in [-0.25, -0.2) is 21.2 Å². The van der Waals surface area contributed by atoms with Gasteiger partial charge in [0.2, 0.25) is 0 Å². The summed E-state index contributed by atoms with van der Waals surface area (Å²) in [6, 6.07) is 13.8. The van der Waals surface area contributed by atoms with Gasteiger partial charge in [-0.3, -0.25) is 9.44 Å². The second-order valence-electron chi connectivity index (χ2n) is 6.97. The number of nitrogens with one attached hydrogen (secondary N) is 2. The first-order valence-electron chi connectivity index (χ1n) is 8.97. The van der Waals surface area contributed by atoms with E-state index in [0.717, 1.165) is 17.7 Å². The molecule has 0 saturated carbocycles. The first-order valence-corrected chi connectivity index (χ1v) is 11.9. The Labute approximate surface area is 175 Å². The van der Waals surface area contributed by atoms with Crippen LogP contribution >= 0.6 is 0 Å². The van der Waals surface area contributed by atoms with Crippen molar-refractivity contribution in [1.29, 1.82) is 0 Å². The van der Waals surface area contributed by atoms with Crippen molar-refractivity contribution in [2.75, 3.05) is 9.44 Å². The van der Waals surface area contributed by atoms with Gasteiger partial charge in [-0.1, -0.05) is 17.7 Å². The van der Waals surface area contributed by atoms with Crippen LogP contribution in [0, 0.1) is 26.6 Å². The van der Waals surface area contributed by atoms with Crippen LogP contribution in [0.1, 0.15) is 16.7 Å². The van der Waals surface area contributed by atoms with E-state index >= 15 is 0 Å². The topological polar surface area (TPSA) is 92.3 Å². The average Bonchev–Trinajstić information content (AvgIpc) is 2.62. The molecule has 158 valence electrons. The summed E-state index contributed by atoms with van der Waals surface area (Å²) >= 11 is 0. The number of benzene rings is 3. The molecule has 0 bridgehead atoms. The fourth-order valence-electron chi connectivity index (χ4n) is 3.23. The van der Waals surface area contributed by atoms with Crippen molar-refractivity contribution < 1.29 is 21.2 Å². The Balaban J connectivity index is 1.83. The lowest BCUT2D eigenvalue weighted by molar-refractivity contribution is 0.599. The first kappa shape index (κ1) is 21.8. The van der Waals surface area contributed by atoms with Crippen molar-refractivity contribution in [2.24, 2.45) is 0 Å². The number of hydrogen-bond donors (Lipinski definition) is 2. The first-order chi connectivity index (χ1) is 14.0. The number of rotatable bonds is 6. The highest BCUT2D eigenvalue weighted by Crippen LogP contribution is 2.25. The summed E-state index contributed by atoms with van der Waals surface area (Å²) in [5, 5.41) is 0. The van der Waals surface area contributed by atoms with E-state index in [4.69, 9.17) is 0 Å². The molecule has 9 heteroatoms. The lowest BCUT2D eigenvalue weighted by atomic mass is 10.1. The van der Waals surface area contributed by atoms with E-state index in [1.165, 1.54) is 36.4 Å². The summed E-state index contributed by atoms with van der Waals surface area (Å²) in [5.41, 5.74) is 2.67. The second kappa shape index (κ2) is 8.08.